The maximum Gasteiger partial charge on any atom is 0.0714 e. The van der Waals surface area contributed by atoms with Crippen molar-refractivity contribution in [3.05, 3.63) is 60.9 Å². The molecule has 0 spiro atoms. The second-order valence-electron chi connectivity index (χ2n) is 6.41. The SMILES string of the molecule is CSc1c(Sc2c(SC(C)C)cnc3ccccc23)cnc2ccccc12. The van der Waals surface area contributed by atoms with Crippen molar-refractivity contribution < 1.29 is 0 Å². The van der Waals surface area contributed by atoms with Gasteiger partial charge in [-0.25, -0.2) is 0 Å². The van der Waals surface area contributed by atoms with Gasteiger partial charge in [-0.2, -0.15) is 0 Å². The van der Waals surface area contributed by atoms with Crippen LogP contribution < -0.4 is 0 Å². The molecule has 0 amide bonds. The molecule has 0 radical (unpaired) electrons. The maximum absolute atomic E-state index is 4.70. The standard InChI is InChI=1S/C22H20N2S3/c1-14(2)26-20-13-24-18-11-7-5-9-16(18)22(20)27-19-12-23-17-10-6-4-8-15(17)21(19)25-3/h4-14H,1-3H3. The third-order valence-corrected chi connectivity index (χ3v) is 7.48. The van der Waals surface area contributed by atoms with Crippen molar-refractivity contribution in [1.29, 1.82) is 0 Å². The van der Waals surface area contributed by atoms with E-state index in [-0.39, 0.29) is 0 Å². The Bertz CT molecular complexity index is 1110. The predicted octanol–water partition coefficient (Wildman–Crippen LogP) is 7.16. The van der Waals surface area contributed by atoms with E-state index in [4.69, 9.17) is 4.98 Å². The van der Waals surface area contributed by atoms with Crippen LogP contribution in [-0.2, 0) is 0 Å². The average Bonchev–Trinajstić information content (AvgIpc) is 2.69. The van der Waals surface area contributed by atoms with Gasteiger partial charge in [-0.3, -0.25) is 9.97 Å². The van der Waals surface area contributed by atoms with E-state index in [1.807, 2.05) is 48.1 Å². The van der Waals surface area contributed by atoms with E-state index >= 15 is 0 Å². The molecule has 0 N–H and O–H groups in total. The molecule has 27 heavy (non-hydrogen) atoms. The Hall–Kier alpha value is -1.69. The van der Waals surface area contributed by atoms with Crippen LogP contribution in [0.5, 0.6) is 0 Å². The number of benzene rings is 2. The van der Waals surface area contributed by atoms with Crippen LogP contribution in [0.3, 0.4) is 0 Å². The summed E-state index contributed by atoms with van der Waals surface area (Å²) >= 11 is 5.46. The van der Waals surface area contributed by atoms with Crippen LogP contribution in [0.2, 0.25) is 0 Å². The molecule has 0 fully saturated rings. The lowest BCUT2D eigenvalue weighted by Gasteiger charge is -2.15. The molecule has 0 aliphatic carbocycles. The van der Waals surface area contributed by atoms with Crippen molar-refractivity contribution in [2.24, 2.45) is 0 Å². The molecule has 0 atom stereocenters. The molecule has 0 aliphatic heterocycles. The third-order valence-electron chi connectivity index (χ3n) is 4.17. The zero-order valence-corrected chi connectivity index (χ0v) is 17.9. The van der Waals surface area contributed by atoms with Gasteiger partial charge in [0.15, 0.2) is 0 Å². The van der Waals surface area contributed by atoms with Gasteiger partial charge in [0.1, 0.15) is 0 Å². The molecule has 0 aliphatic rings. The molecule has 136 valence electrons. The van der Waals surface area contributed by atoms with E-state index < -0.39 is 0 Å². The predicted molar refractivity (Wildman–Crippen MR) is 120 cm³/mol. The molecule has 0 unspecified atom stereocenters. The fraction of sp³-hybridized carbons (Fsp3) is 0.182. The molecular weight excluding hydrogens is 388 g/mol. The molecule has 0 saturated carbocycles. The lowest BCUT2D eigenvalue weighted by molar-refractivity contribution is 1.09. The van der Waals surface area contributed by atoms with Gasteiger partial charge in [-0.15, -0.1) is 23.5 Å². The molecule has 4 rings (SSSR count). The molecule has 0 bridgehead atoms. The van der Waals surface area contributed by atoms with Crippen LogP contribution in [0.15, 0.2) is 80.5 Å². The Morgan fingerprint density at radius 3 is 1.89 bits per heavy atom. The van der Waals surface area contributed by atoms with Crippen molar-refractivity contribution in [2.45, 2.75) is 38.7 Å². The highest BCUT2D eigenvalue weighted by molar-refractivity contribution is 8.03. The molecule has 2 aromatic heterocycles. The first kappa shape index (κ1) is 18.7. The van der Waals surface area contributed by atoms with Crippen LogP contribution in [0.4, 0.5) is 0 Å². The second kappa shape index (κ2) is 8.13. The van der Waals surface area contributed by atoms with Crippen LogP contribution in [0.25, 0.3) is 21.8 Å². The normalized spacial score (nSPS) is 11.6. The first-order valence-electron chi connectivity index (χ1n) is 8.81. The lowest BCUT2D eigenvalue weighted by atomic mass is 10.2. The fourth-order valence-electron chi connectivity index (χ4n) is 3.03. The average molecular weight is 409 g/mol. The van der Waals surface area contributed by atoms with E-state index in [1.165, 1.54) is 30.4 Å². The summed E-state index contributed by atoms with van der Waals surface area (Å²) < 4.78 is 0. The Kier molecular flexibility index (Phi) is 5.62. The summed E-state index contributed by atoms with van der Waals surface area (Å²) in [7, 11) is 0. The summed E-state index contributed by atoms with van der Waals surface area (Å²) in [5, 5.41) is 2.92. The summed E-state index contributed by atoms with van der Waals surface area (Å²) in [6, 6.07) is 16.7. The lowest BCUT2D eigenvalue weighted by Crippen LogP contribution is -1.93. The van der Waals surface area contributed by atoms with Crippen LogP contribution in [0, 0.1) is 0 Å². The van der Waals surface area contributed by atoms with Crippen molar-refractivity contribution >= 4 is 57.1 Å². The number of fused-ring (bicyclic) bond motifs is 2. The van der Waals surface area contributed by atoms with Gasteiger partial charge in [0.25, 0.3) is 0 Å². The van der Waals surface area contributed by atoms with Gasteiger partial charge in [0.05, 0.1) is 11.0 Å². The molecule has 4 aromatic rings. The fourth-order valence-corrected chi connectivity index (χ4v) is 6.12. The number of hydrogen-bond donors (Lipinski definition) is 0. The number of nitrogens with zero attached hydrogens (tertiary/aromatic N) is 2. The highest BCUT2D eigenvalue weighted by Gasteiger charge is 2.16. The summed E-state index contributed by atoms with van der Waals surface area (Å²) in [5.41, 5.74) is 2.08. The Balaban J connectivity index is 1.89. The molecule has 0 saturated heterocycles. The Morgan fingerprint density at radius 2 is 1.30 bits per heavy atom. The maximum atomic E-state index is 4.70. The third kappa shape index (κ3) is 3.82. The van der Waals surface area contributed by atoms with Crippen LogP contribution in [0.1, 0.15) is 13.8 Å². The Morgan fingerprint density at radius 1 is 0.741 bits per heavy atom. The minimum absolute atomic E-state index is 0.502. The van der Waals surface area contributed by atoms with Gasteiger partial charge in [0.2, 0.25) is 0 Å². The van der Waals surface area contributed by atoms with Crippen molar-refractivity contribution in [2.75, 3.05) is 6.26 Å². The summed E-state index contributed by atoms with van der Waals surface area (Å²) in [5.74, 6) is 0. The first-order valence-corrected chi connectivity index (χ1v) is 11.7. The summed E-state index contributed by atoms with van der Waals surface area (Å²) in [6.45, 7) is 4.44. The van der Waals surface area contributed by atoms with Crippen molar-refractivity contribution in [1.82, 2.24) is 9.97 Å². The highest BCUT2D eigenvalue weighted by atomic mass is 32.2. The first-order chi connectivity index (χ1) is 13.2. The summed E-state index contributed by atoms with van der Waals surface area (Å²) in [6.07, 6.45) is 6.17. The van der Waals surface area contributed by atoms with Crippen LogP contribution in [-0.4, -0.2) is 21.5 Å². The molecular formula is C22H20N2S3. The zero-order valence-electron chi connectivity index (χ0n) is 15.5. The minimum atomic E-state index is 0.502. The zero-order chi connectivity index (χ0) is 18.8. The monoisotopic (exact) mass is 408 g/mol. The summed E-state index contributed by atoms with van der Waals surface area (Å²) in [4.78, 5) is 14.4. The van der Waals surface area contributed by atoms with E-state index in [9.17, 15) is 0 Å². The van der Waals surface area contributed by atoms with Gasteiger partial charge in [-0.1, -0.05) is 62.0 Å². The smallest absolute Gasteiger partial charge is 0.0714 e. The quantitative estimate of drug-likeness (QED) is 0.326. The molecule has 2 nitrogen and oxygen atoms in total. The minimum Gasteiger partial charge on any atom is -0.255 e. The Labute approximate surface area is 172 Å². The van der Waals surface area contributed by atoms with E-state index in [2.05, 4.69) is 61.5 Å². The number of para-hydroxylation sites is 2. The van der Waals surface area contributed by atoms with Crippen LogP contribution >= 0.6 is 35.3 Å². The van der Waals surface area contributed by atoms with E-state index in [1.54, 1.807) is 11.8 Å². The number of hydrogen-bond acceptors (Lipinski definition) is 5. The number of thioether (sulfide) groups is 2. The largest absolute Gasteiger partial charge is 0.255 e. The van der Waals surface area contributed by atoms with E-state index in [0.29, 0.717) is 5.25 Å². The van der Waals surface area contributed by atoms with Crippen molar-refractivity contribution in [3.63, 3.8) is 0 Å². The van der Waals surface area contributed by atoms with E-state index in [0.717, 1.165) is 11.0 Å². The highest BCUT2D eigenvalue weighted by Crippen LogP contribution is 2.44. The van der Waals surface area contributed by atoms with Gasteiger partial charge in [-0.05, 0) is 18.4 Å². The van der Waals surface area contributed by atoms with Gasteiger partial charge >= 0.3 is 0 Å². The topological polar surface area (TPSA) is 25.8 Å². The number of rotatable bonds is 5. The van der Waals surface area contributed by atoms with Gasteiger partial charge in [0, 0.05) is 48.0 Å². The van der Waals surface area contributed by atoms with Crippen molar-refractivity contribution in [3.8, 4) is 0 Å². The molecule has 2 heterocycles. The number of pyridine rings is 2. The number of aromatic nitrogens is 2. The molecule has 5 heteroatoms. The van der Waals surface area contributed by atoms with Gasteiger partial charge < -0.3 is 0 Å². The molecule has 2 aromatic carbocycles. The second-order valence-corrected chi connectivity index (χ2v) is 9.90.